The van der Waals surface area contributed by atoms with E-state index in [0.717, 1.165) is 28.9 Å². The quantitative estimate of drug-likeness (QED) is 0.616. The zero-order valence-electron chi connectivity index (χ0n) is 11.2. The van der Waals surface area contributed by atoms with Gasteiger partial charge in [-0.1, -0.05) is 42.5 Å². The minimum atomic E-state index is 0.194. The van der Waals surface area contributed by atoms with Crippen LogP contribution < -0.4 is 4.74 Å². The Balaban J connectivity index is 1.56. The lowest BCUT2D eigenvalue weighted by Crippen LogP contribution is -2.04. The zero-order chi connectivity index (χ0) is 13.8. The summed E-state index contributed by atoms with van der Waals surface area (Å²) in [6, 6.07) is 15.6. The molecule has 0 saturated heterocycles. The van der Waals surface area contributed by atoms with Gasteiger partial charge in [0.15, 0.2) is 12.6 Å². The number of benzene rings is 2. The Morgan fingerprint density at radius 2 is 1.80 bits per heavy atom. The lowest BCUT2D eigenvalue weighted by molar-refractivity contribution is 0.00458. The maximum atomic E-state index is 11.6. The van der Waals surface area contributed by atoms with Gasteiger partial charge in [-0.2, -0.15) is 0 Å². The first-order valence-electron chi connectivity index (χ1n) is 6.74. The second-order valence-electron chi connectivity index (χ2n) is 4.80. The van der Waals surface area contributed by atoms with Crippen molar-refractivity contribution < 1.29 is 14.3 Å². The second kappa shape index (κ2) is 5.88. The fourth-order valence-corrected chi connectivity index (χ4v) is 2.43. The zero-order valence-corrected chi connectivity index (χ0v) is 11.2. The van der Waals surface area contributed by atoms with Gasteiger partial charge in [0, 0.05) is 17.5 Å². The van der Waals surface area contributed by atoms with E-state index in [1.165, 1.54) is 0 Å². The lowest BCUT2D eigenvalue weighted by Gasteiger charge is -2.10. The third-order valence-corrected chi connectivity index (χ3v) is 3.44. The van der Waals surface area contributed by atoms with Gasteiger partial charge < -0.3 is 9.47 Å². The summed E-state index contributed by atoms with van der Waals surface area (Å²) < 4.78 is 11.1. The maximum Gasteiger partial charge on any atom is 0.189 e. The van der Waals surface area contributed by atoms with Crippen LogP contribution in [-0.4, -0.2) is 12.6 Å². The van der Waals surface area contributed by atoms with Gasteiger partial charge in [-0.05, 0) is 18.1 Å². The lowest BCUT2D eigenvalue weighted by atomic mass is 10.1. The minimum Gasteiger partial charge on any atom is -0.467 e. The number of fused-ring (bicyclic) bond motifs is 1. The molecule has 0 radical (unpaired) electrons. The largest absolute Gasteiger partial charge is 0.467 e. The van der Waals surface area contributed by atoms with Gasteiger partial charge >= 0.3 is 0 Å². The van der Waals surface area contributed by atoms with Crippen LogP contribution in [0.4, 0.5) is 0 Å². The van der Waals surface area contributed by atoms with E-state index in [1.54, 1.807) is 0 Å². The average molecular weight is 268 g/mol. The molecule has 0 aromatic heterocycles. The number of ketones is 1. The molecule has 2 aromatic rings. The molecule has 1 aliphatic rings. The molecule has 0 fully saturated rings. The Morgan fingerprint density at radius 1 is 0.950 bits per heavy atom. The topological polar surface area (TPSA) is 35.5 Å². The van der Waals surface area contributed by atoms with Crippen molar-refractivity contribution in [3.8, 4) is 5.75 Å². The van der Waals surface area contributed by atoms with Crippen LogP contribution in [0.5, 0.6) is 5.75 Å². The van der Waals surface area contributed by atoms with E-state index in [0.29, 0.717) is 13.0 Å². The highest BCUT2D eigenvalue weighted by atomic mass is 16.7. The van der Waals surface area contributed by atoms with Gasteiger partial charge in [-0.25, -0.2) is 0 Å². The van der Waals surface area contributed by atoms with Gasteiger partial charge in [0.05, 0.1) is 6.61 Å². The van der Waals surface area contributed by atoms with Crippen molar-refractivity contribution in [2.24, 2.45) is 0 Å². The van der Waals surface area contributed by atoms with Crippen molar-refractivity contribution in [1.82, 2.24) is 0 Å². The van der Waals surface area contributed by atoms with Crippen molar-refractivity contribution in [2.45, 2.75) is 19.4 Å². The third kappa shape index (κ3) is 2.73. The summed E-state index contributed by atoms with van der Waals surface area (Å²) in [5, 5.41) is 0. The highest BCUT2D eigenvalue weighted by molar-refractivity contribution is 6.01. The Labute approximate surface area is 118 Å². The predicted octanol–water partition coefficient (Wildman–Crippen LogP) is 3.37. The molecule has 0 atom stereocenters. The monoisotopic (exact) mass is 268 g/mol. The molecule has 102 valence electrons. The summed E-state index contributed by atoms with van der Waals surface area (Å²) in [7, 11) is 0. The van der Waals surface area contributed by atoms with Crippen LogP contribution in [0.3, 0.4) is 0 Å². The van der Waals surface area contributed by atoms with E-state index in [-0.39, 0.29) is 12.6 Å². The Bertz CT molecular complexity index is 605. The third-order valence-electron chi connectivity index (χ3n) is 3.44. The molecular formula is C17H16O3. The second-order valence-corrected chi connectivity index (χ2v) is 4.80. The fraction of sp³-hybridized carbons (Fsp3) is 0.235. The molecule has 2 aromatic carbocycles. The van der Waals surface area contributed by atoms with Crippen molar-refractivity contribution in [1.29, 1.82) is 0 Å². The molecule has 1 aliphatic carbocycles. The summed E-state index contributed by atoms with van der Waals surface area (Å²) >= 11 is 0. The molecule has 0 heterocycles. The molecule has 0 aliphatic heterocycles. The number of Topliss-reactive ketones (excluding diaryl/α,β-unsaturated/α-hetero) is 1. The van der Waals surface area contributed by atoms with Crippen LogP contribution in [0.25, 0.3) is 0 Å². The van der Waals surface area contributed by atoms with Crippen LogP contribution in [0.15, 0.2) is 48.5 Å². The first-order chi connectivity index (χ1) is 9.84. The molecule has 3 heteroatoms. The molecule has 0 unspecified atom stereocenters. The summed E-state index contributed by atoms with van der Waals surface area (Å²) in [4.78, 5) is 11.6. The van der Waals surface area contributed by atoms with E-state index in [1.807, 2.05) is 48.5 Å². The standard InChI is InChI=1S/C17H16O3/c18-16-10-9-15-14(16)7-4-8-17(15)20-12-19-11-13-5-2-1-3-6-13/h1-8H,9-12H2. The molecule has 0 bridgehead atoms. The number of carbonyl (C=O) groups excluding carboxylic acids is 1. The first kappa shape index (κ1) is 12.9. The molecule has 3 rings (SSSR count). The van der Waals surface area contributed by atoms with Gasteiger partial charge in [0.2, 0.25) is 0 Å². The molecule has 3 nitrogen and oxygen atoms in total. The number of rotatable bonds is 5. The van der Waals surface area contributed by atoms with E-state index in [4.69, 9.17) is 9.47 Å². The minimum absolute atomic E-state index is 0.194. The molecular weight excluding hydrogens is 252 g/mol. The molecule has 0 amide bonds. The van der Waals surface area contributed by atoms with Crippen LogP contribution in [-0.2, 0) is 17.8 Å². The predicted molar refractivity (Wildman–Crippen MR) is 75.8 cm³/mol. The molecule has 0 saturated carbocycles. The number of hydrogen-bond donors (Lipinski definition) is 0. The Morgan fingerprint density at radius 3 is 2.65 bits per heavy atom. The normalized spacial score (nSPS) is 13.3. The molecule has 0 N–H and O–H groups in total. The summed E-state index contributed by atoms with van der Waals surface area (Å²) in [5.74, 6) is 0.970. The van der Waals surface area contributed by atoms with E-state index in [9.17, 15) is 4.79 Å². The van der Waals surface area contributed by atoms with Crippen LogP contribution >= 0.6 is 0 Å². The summed E-state index contributed by atoms with van der Waals surface area (Å²) in [5.41, 5.74) is 2.93. The maximum absolute atomic E-state index is 11.6. The van der Waals surface area contributed by atoms with Crippen molar-refractivity contribution in [3.05, 3.63) is 65.2 Å². The van der Waals surface area contributed by atoms with Gasteiger partial charge in [0.1, 0.15) is 5.75 Å². The molecule has 0 spiro atoms. The van der Waals surface area contributed by atoms with Crippen LogP contribution in [0.1, 0.15) is 27.9 Å². The highest BCUT2D eigenvalue weighted by Gasteiger charge is 2.22. The summed E-state index contributed by atoms with van der Waals surface area (Å²) in [6.45, 7) is 0.717. The SMILES string of the molecule is O=C1CCc2c(OCOCc3ccccc3)cccc21. The summed E-state index contributed by atoms with van der Waals surface area (Å²) in [6.07, 6.45) is 1.35. The number of ether oxygens (including phenoxy) is 2. The van der Waals surface area contributed by atoms with Crippen molar-refractivity contribution in [3.63, 3.8) is 0 Å². The fourth-order valence-electron chi connectivity index (χ4n) is 2.43. The first-order valence-corrected chi connectivity index (χ1v) is 6.74. The highest BCUT2D eigenvalue weighted by Crippen LogP contribution is 2.30. The van der Waals surface area contributed by atoms with Gasteiger partial charge in [-0.15, -0.1) is 0 Å². The van der Waals surface area contributed by atoms with Crippen molar-refractivity contribution >= 4 is 5.78 Å². The Hall–Kier alpha value is -2.13. The van der Waals surface area contributed by atoms with Crippen LogP contribution in [0.2, 0.25) is 0 Å². The van der Waals surface area contributed by atoms with Crippen molar-refractivity contribution in [2.75, 3.05) is 6.79 Å². The number of hydrogen-bond acceptors (Lipinski definition) is 3. The van der Waals surface area contributed by atoms with E-state index in [2.05, 4.69) is 0 Å². The number of carbonyl (C=O) groups is 1. The Kier molecular flexibility index (Phi) is 3.79. The van der Waals surface area contributed by atoms with E-state index >= 15 is 0 Å². The van der Waals surface area contributed by atoms with Gasteiger partial charge in [0.25, 0.3) is 0 Å². The molecule has 20 heavy (non-hydrogen) atoms. The average Bonchev–Trinajstić information content (AvgIpc) is 2.87. The van der Waals surface area contributed by atoms with E-state index < -0.39 is 0 Å². The smallest absolute Gasteiger partial charge is 0.189 e. The van der Waals surface area contributed by atoms with Gasteiger partial charge in [-0.3, -0.25) is 4.79 Å². The van der Waals surface area contributed by atoms with Crippen LogP contribution in [0, 0.1) is 0 Å².